The van der Waals surface area contributed by atoms with Crippen LogP contribution in [0.4, 0.5) is 5.95 Å². The zero-order chi connectivity index (χ0) is 20.1. The number of hydrogen-bond acceptors (Lipinski definition) is 5. The van der Waals surface area contributed by atoms with Crippen LogP contribution in [0.3, 0.4) is 0 Å². The predicted octanol–water partition coefficient (Wildman–Crippen LogP) is 2.65. The third-order valence-electron chi connectivity index (χ3n) is 6.29. The van der Waals surface area contributed by atoms with E-state index < -0.39 is 0 Å². The Labute approximate surface area is 173 Å². The first-order valence-corrected chi connectivity index (χ1v) is 10.8. The zero-order valence-electron chi connectivity index (χ0n) is 17.3. The fraction of sp³-hybridized carbons (Fsp3) is 0.522. The molecule has 2 atom stereocenters. The second kappa shape index (κ2) is 9.35. The summed E-state index contributed by atoms with van der Waals surface area (Å²) in [5.74, 6) is 0.900. The molecular weight excluding hydrogens is 362 g/mol. The van der Waals surface area contributed by atoms with Gasteiger partial charge in [0.25, 0.3) is 0 Å². The summed E-state index contributed by atoms with van der Waals surface area (Å²) in [4.78, 5) is 26.2. The lowest BCUT2D eigenvalue weighted by Gasteiger charge is -2.36. The quantitative estimate of drug-likeness (QED) is 0.818. The second-order valence-corrected chi connectivity index (χ2v) is 8.13. The summed E-state index contributed by atoms with van der Waals surface area (Å²) < 4.78 is 0. The highest BCUT2D eigenvalue weighted by molar-refractivity contribution is 5.79. The molecule has 29 heavy (non-hydrogen) atoms. The van der Waals surface area contributed by atoms with Gasteiger partial charge in [-0.15, -0.1) is 0 Å². The molecule has 154 valence electrons. The van der Waals surface area contributed by atoms with Gasteiger partial charge in [0.2, 0.25) is 11.9 Å². The molecule has 3 heterocycles. The Hall–Kier alpha value is -2.47. The van der Waals surface area contributed by atoms with Crippen LogP contribution < -0.4 is 10.2 Å². The predicted molar refractivity (Wildman–Crippen MR) is 115 cm³/mol. The molecule has 1 fully saturated rings. The number of hydrogen-bond donors (Lipinski definition) is 1. The molecule has 1 aromatic carbocycles. The lowest BCUT2D eigenvalue weighted by molar-refractivity contribution is -0.125. The van der Waals surface area contributed by atoms with Crippen LogP contribution in [0.15, 0.2) is 42.7 Å². The van der Waals surface area contributed by atoms with Crippen LogP contribution in [0.1, 0.15) is 37.3 Å². The lowest BCUT2D eigenvalue weighted by atomic mass is 9.96. The standard InChI is InChI=1S/C23H31N5O/c1-2-21(27-14-10-18-7-3-4-8-19(18)16-27)15-26-22(29)20-9-5-13-28(17-20)23-24-11-6-12-25-23/h3-4,6-8,11-12,20-21H,2,5,9-10,13-17H2,1H3,(H,26,29). The number of carbonyl (C=O) groups is 1. The molecule has 6 nitrogen and oxygen atoms in total. The van der Waals surface area contributed by atoms with E-state index in [9.17, 15) is 4.79 Å². The van der Waals surface area contributed by atoms with Gasteiger partial charge >= 0.3 is 0 Å². The molecule has 1 amide bonds. The van der Waals surface area contributed by atoms with Crippen LogP contribution in [0, 0.1) is 5.92 Å². The highest BCUT2D eigenvalue weighted by Gasteiger charge is 2.28. The van der Waals surface area contributed by atoms with Crippen molar-refractivity contribution in [1.82, 2.24) is 20.2 Å². The number of benzene rings is 1. The molecule has 0 spiro atoms. The van der Waals surface area contributed by atoms with E-state index in [2.05, 4.69) is 56.3 Å². The molecule has 0 aliphatic carbocycles. The first-order valence-electron chi connectivity index (χ1n) is 10.8. The lowest BCUT2D eigenvalue weighted by Crippen LogP contribution is -2.49. The summed E-state index contributed by atoms with van der Waals surface area (Å²) in [6, 6.07) is 10.9. The van der Waals surface area contributed by atoms with E-state index in [-0.39, 0.29) is 11.8 Å². The zero-order valence-corrected chi connectivity index (χ0v) is 17.3. The fourth-order valence-electron chi connectivity index (χ4n) is 4.55. The topological polar surface area (TPSA) is 61.4 Å². The van der Waals surface area contributed by atoms with E-state index in [1.54, 1.807) is 12.4 Å². The average molecular weight is 394 g/mol. The maximum atomic E-state index is 12.9. The summed E-state index contributed by atoms with van der Waals surface area (Å²) in [7, 11) is 0. The van der Waals surface area contributed by atoms with Gasteiger partial charge in [0, 0.05) is 51.2 Å². The molecule has 1 N–H and O–H groups in total. The van der Waals surface area contributed by atoms with Crippen molar-refractivity contribution >= 4 is 11.9 Å². The van der Waals surface area contributed by atoms with Gasteiger partial charge < -0.3 is 10.2 Å². The molecule has 4 rings (SSSR count). The molecular formula is C23H31N5O. The van der Waals surface area contributed by atoms with Gasteiger partial charge in [-0.05, 0) is 42.9 Å². The summed E-state index contributed by atoms with van der Waals surface area (Å²) in [6.07, 6.45) is 7.58. The van der Waals surface area contributed by atoms with Crippen molar-refractivity contribution in [2.24, 2.45) is 5.92 Å². The number of rotatable bonds is 6. The van der Waals surface area contributed by atoms with Crippen molar-refractivity contribution in [3.8, 4) is 0 Å². The minimum Gasteiger partial charge on any atom is -0.354 e. The molecule has 0 saturated carbocycles. The molecule has 6 heteroatoms. The van der Waals surface area contributed by atoms with Gasteiger partial charge in [-0.1, -0.05) is 31.2 Å². The fourth-order valence-corrected chi connectivity index (χ4v) is 4.55. The number of nitrogens with zero attached hydrogens (tertiary/aromatic N) is 4. The highest BCUT2D eigenvalue weighted by atomic mass is 16.1. The van der Waals surface area contributed by atoms with Crippen LogP contribution in [0.2, 0.25) is 0 Å². The average Bonchev–Trinajstić information content (AvgIpc) is 2.80. The Balaban J connectivity index is 1.31. The second-order valence-electron chi connectivity index (χ2n) is 8.13. The Morgan fingerprint density at radius 3 is 2.76 bits per heavy atom. The number of carbonyl (C=O) groups excluding carboxylic acids is 1. The highest BCUT2D eigenvalue weighted by Crippen LogP contribution is 2.22. The van der Waals surface area contributed by atoms with E-state index in [1.165, 1.54) is 11.1 Å². The monoisotopic (exact) mass is 393 g/mol. The summed E-state index contributed by atoms with van der Waals surface area (Å²) in [6.45, 7) is 6.59. The Kier molecular flexibility index (Phi) is 6.39. The van der Waals surface area contributed by atoms with Crippen molar-refractivity contribution in [3.63, 3.8) is 0 Å². The first kappa shape index (κ1) is 19.8. The number of nitrogens with one attached hydrogen (secondary N) is 1. The Morgan fingerprint density at radius 1 is 1.17 bits per heavy atom. The smallest absolute Gasteiger partial charge is 0.225 e. The SMILES string of the molecule is CCC(CNC(=O)C1CCCN(c2ncccn2)C1)N1CCc2ccccc2C1. The van der Waals surface area contributed by atoms with E-state index >= 15 is 0 Å². The minimum atomic E-state index is 0.00661. The van der Waals surface area contributed by atoms with Gasteiger partial charge in [0.1, 0.15) is 0 Å². The van der Waals surface area contributed by atoms with E-state index in [1.807, 2.05) is 6.07 Å². The Morgan fingerprint density at radius 2 is 1.97 bits per heavy atom. The van der Waals surface area contributed by atoms with Gasteiger partial charge in [0.05, 0.1) is 5.92 Å². The first-order chi connectivity index (χ1) is 14.2. The Bertz CT molecular complexity index is 812. The molecule has 0 radical (unpaired) electrons. The van der Waals surface area contributed by atoms with Crippen molar-refractivity contribution in [2.75, 3.05) is 31.1 Å². The molecule has 2 aliphatic rings. The number of fused-ring (bicyclic) bond motifs is 1. The van der Waals surface area contributed by atoms with Crippen LogP contribution in [0.25, 0.3) is 0 Å². The number of aromatic nitrogens is 2. The van der Waals surface area contributed by atoms with E-state index in [0.29, 0.717) is 12.6 Å². The molecule has 0 bridgehead atoms. The summed E-state index contributed by atoms with van der Waals surface area (Å²) in [5, 5.41) is 3.25. The number of anilines is 1. The van der Waals surface area contributed by atoms with Crippen LogP contribution in [-0.2, 0) is 17.8 Å². The normalized spacial score (nSPS) is 20.7. The molecule has 1 saturated heterocycles. The third-order valence-corrected chi connectivity index (χ3v) is 6.29. The number of piperidine rings is 1. The van der Waals surface area contributed by atoms with Crippen molar-refractivity contribution < 1.29 is 4.79 Å². The van der Waals surface area contributed by atoms with Crippen molar-refractivity contribution in [3.05, 3.63) is 53.9 Å². The van der Waals surface area contributed by atoms with E-state index in [4.69, 9.17) is 0 Å². The molecule has 2 aliphatic heterocycles. The molecule has 1 aromatic heterocycles. The maximum absolute atomic E-state index is 12.9. The third kappa shape index (κ3) is 4.75. The van der Waals surface area contributed by atoms with Crippen LogP contribution >= 0.6 is 0 Å². The van der Waals surface area contributed by atoms with Gasteiger partial charge in [-0.2, -0.15) is 0 Å². The summed E-state index contributed by atoms with van der Waals surface area (Å²) in [5.41, 5.74) is 2.89. The van der Waals surface area contributed by atoms with Gasteiger partial charge in [0.15, 0.2) is 0 Å². The number of amides is 1. The minimum absolute atomic E-state index is 0.00661. The van der Waals surface area contributed by atoms with Crippen molar-refractivity contribution in [1.29, 1.82) is 0 Å². The van der Waals surface area contributed by atoms with Crippen LogP contribution in [-0.4, -0.2) is 53.0 Å². The van der Waals surface area contributed by atoms with Gasteiger partial charge in [-0.25, -0.2) is 9.97 Å². The van der Waals surface area contributed by atoms with E-state index in [0.717, 1.165) is 57.8 Å². The maximum Gasteiger partial charge on any atom is 0.225 e. The molecule has 2 aromatic rings. The van der Waals surface area contributed by atoms with Crippen LogP contribution in [0.5, 0.6) is 0 Å². The summed E-state index contributed by atoms with van der Waals surface area (Å²) >= 11 is 0. The molecule has 2 unspecified atom stereocenters. The van der Waals surface area contributed by atoms with Gasteiger partial charge in [-0.3, -0.25) is 9.69 Å². The van der Waals surface area contributed by atoms with Crippen molar-refractivity contribution in [2.45, 2.75) is 45.2 Å². The largest absolute Gasteiger partial charge is 0.354 e.